The number of anilines is 2. The number of aromatic nitrogens is 1. The molecule has 0 saturated carbocycles. The van der Waals surface area contributed by atoms with Crippen LogP contribution in [0.25, 0.3) is 11.1 Å². The minimum atomic E-state index is -0.907. The van der Waals surface area contributed by atoms with Crippen molar-refractivity contribution in [1.82, 2.24) is 4.98 Å². The highest BCUT2D eigenvalue weighted by molar-refractivity contribution is 8.00. The maximum atomic E-state index is 13.4. The minimum absolute atomic E-state index is 0.0469. The molecule has 1 aliphatic rings. The van der Waals surface area contributed by atoms with E-state index in [1.807, 2.05) is 13.0 Å². The van der Waals surface area contributed by atoms with Crippen LogP contribution < -0.4 is 10.6 Å². The number of nitriles is 2. The molecule has 4 aromatic rings. The zero-order valence-corrected chi connectivity index (χ0v) is 24.1. The average molecular weight is 602 g/mol. The van der Waals surface area contributed by atoms with Crippen molar-refractivity contribution in [2.75, 3.05) is 17.2 Å². The van der Waals surface area contributed by atoms with Gasteiger partial charge in [0.25, 0.3) is 0 Å². The van der Waals surface area contributed by atoms with Gasteiger partial charge < -0.3 is 10.5 Å². The van der Waals surface area contributed by atoms with E-state index < -0.39 is 29.6 Å². The van der Waals surface area contributed by atoms with E-state index in [0.29, 0.717) is 16.7 Å². The van der Waals surface area contributed by atoms with Crippen LogP contribution in [0.5, 0.6) is 0 Å². The number of ether oxygens (including phenoxy) is 1. The second kappa shape index (κ2) is 12.6. The summed E-state index contributed by atoms with van der Waals surface area (Å²) in [7, 11) is 0. The van der Waals surface area contributed by atoms with Gasteiger partial charge in [-0.15, -0.1) is 0 Å². The van der Waals surface area contributed by atoms with E-state index in [2.05, 4.69) is 11.1 Å². The summed E-state index contributed by atoms with van der Waals surface area (Å²) in [6.07, 6.45) is -0.165. The fourth-order valence-electron chi connectivity index (χ4n) is 4.66. The van der Waals surface area contributed by atoms with Crippen LogP contribution in [0.15, 0.2) is 83.9 Å². The van der Waals surface area contributed by atoms with Crippen molar-refractivity contribution in [2.45, 2.75) is 23.6 Å². The lowest BCUT2D eigenvalue weighted by molar-refractivity contribution is -0.121. The van der Waals surface area contributed by atoms with Crippen LogP contribution in [0.1, 0.15) is 43.8 Å². The number of esters is 1. The van der Waals surface area contributed by atoms with E-state index in [9.17, 15) is 29.7 Å². The molecule has 1 saturated heterocycles. The van der Waals surface area contributed by atoms with Gasteiger partial charge in [0.1, 0.15) is 28.5 Å². The Kier molecular flexibility index (Phi) is 8.51. The Balaban J connectivity index is 1.31. The van der Waals surface area contributed by atoms with Crippen molar-refractivity contribution in [3.63, 3.8) is 0 Å². The summed E-state index contributed by atoms with van der Waals surface area (Å²) < 4.78 is 5.15. The van der Waals surface area contributed by atoms with Gasteiger partial charge in [0.05, 0.1) is 22.1 Å². The van der Waals surface area contributed by atoms with E-state index in [4.69, 9.17) is 10.5 Å². The Hall–Kier alpha value is -5.78. The highest BCUT2D eigenvalue weighted by Crippen LogP contribution is 2.40. The van der Waals surface area contributed by atoms with Gasteiger partial charge in [-0.2, -0.15) is 10.5 Å². The number of pyridine rings is 1. The van der Waals surface area contributed by atoms with Crippen LogP contribution in [0, 0.1) is 29.6 Å². The van der Waals surface area contributed by atoms with Gasteiger partial charge in [0, 0.05) is 17.5 Å². The Labute approximate surface area is 256 Å². The first-order chi connectivity index (χ1) is 21.2. The normalized spacial score (nSPS) is 14.2. The summed E-state index contributed by atoms with van der Waals surface area (Å²) in [5.41, 5.74) is 8.91. The summed E-state index contributed by atoms with van der Waals surface area (Å²) >= 11 is 0.930. The molecule has 0 radical (unpaired) electrons. The number of carbonyl (C=O) groups excluding carboxylic acids is 4. The number of nitrogens with zero attached hydrogens (tertiary/aromatic N) is 4. The molecule has 0 aliphatic carbocycles. The van der Waals surface area contributed by atoms with Gasteiger partial charge in [-0.3, -0.25) is 14.4 Å². The highest BCUT2D eigenvalue weighted by atomic mass is 32.2. The molecule has 1 unspecified atom stereocenters. The molecule has 1 aliphatic heterocycles. The van der Waals surface area contributed by atoms with E-state index in [1.54, 1.807) is 54.6 Å². The predicted octanol–water partition coefficient (Wildman–Crippen LogP) is 4.85. The molecule has 0 bridgehead atoms. The molecule has 44 heavy (non-hydrogen) atoms. The number of carbonyl (C=O) groups is 4. The van der Waals surface area contributed by atoms with E-state index in [-0.39, 0.29) is 45.4 Å². The molecule has 3 aromatic carbocycles. The molecule has 11 heteroatoms. The minimum Gasteiger partial charge on any atom is -0.454 e. The van der Waals surface area contributed by atoms with Crippen molar-refractivity contribution in [3.05, 3.63) is 107 Å². The van der Waals surface area contributed by atoms with Crippen LogP contribution in [0.4, 0.5) is 11.5 Å². The fraction of sp³-hybridized carbons (Fsp3) is 0.121. The van der Waals surface area contributed by atoms with E-state index >= 15 is 0 Å². The second-order valence-corrected chi connectivity index (χ2v) is 11.0. The van der Waals surface area contributed by atoms with E-state index in [0.717, 1.165) is 22.2 Å². The van der Waals surface area contributed by atoms with Gasteiger partial charge in [0.15, 0.2) is 12.4 Å². The van der Waals surface area contributed by atoms with E-state index in [1.165, 1.54) is 24.3 Å². The molecule has 1 aromatic heterocycles. The number of nitrogen functional groups attached to an aromatic ring is 1. The van der Waals surface area contributed by atoms with Gasteiger partial charge in [-0.05, 0) is 36.8 Å². The number of imide groups is 1. The van der Waals surface area contributed by atoms with Gasteiger partial charge >= 0.3 is 5.97 Å². The van der Waals surface area contributed by atoms with Crippen molar-refractivity contribution in [2.24, 2.45) is 0 Å². The Bertz CT molecular complexity index is 1880. The maximum absolute atomic E-state index is 13.4. The number of hydrogen-bond donors (Lipinski definition) is 1. The molecule has 216 valence electrons. The van der Waals surface area contributed by atoms with Crippen molar-refractivity contribution >= 4 is 46.8 Å². The fourth-order valence-corrected chi connectivity index (χ4v) is 5.78. The summed E-state index contributed by atoms with van der Waals surface area (Å²) in [5.74, 6) is -2.18. The average Bonchev–Trinajstić information content (AvgIpc) is 3.31. The van der Waals surface area contributed by atoms with Gasteiger partial charge in [-0.1, -0.05) is 71.9 Å². The maximum Gasteiger partial charge on any atom is 0.338 e. The first-order valence-electron chi connectivity index (χ1n) is 13.3. The summed E-state index contributed by atoms with van der Waals surface area (Å²) in [6.45, 7) is 1.46. The zero-order chi connectivity index (χ0) is 31.4. The highest BCUT2D eigenvalue weighted by Gasteiger charge is 2.41. The molecule has 2 N–H and O–H groups in total. The number of aryl methyl sites for hydroxylation is 1. The summed E-state index contributed by atoms with van der Waals surface area (Å²) in [5, 5.41) is 19.0. The van der Waals surface area contributed by atoms with Crippen molar-refractivity contribution in [3.8, 4) is 23.3 Å². The number of rotatable bonds is 8. The summed E-state index contributed by atoms with van der Waals surface area (Å²) in [6, 6.07) is 25.5. The molecular weight excluding hydrogens is 578 g/mol. The van der Waals surface area contributed by atoms with Crippen LogP contribution in [-0.2, 0) is 14.3 Å². The third-order valence-electron chi connectivity index (χ3n) is 6.91. The zero-order valence-electron chi connectivity index (χ0n) is 23.3. The van der Waals surface area contributed by atoms with Crippen LogP contribution in [0.2, 0.25) is 0 Å². The quantitative estimate of drug-likeness (QED) is 0.168. The van der Waals surface area contributed by atoms with Crippen molar-refractivity contribution < 1.29 is 23.9 Å². The Morgan fingerprint density at radius 3 is 2.23 bits per heavy atom. The molecule has 0 spiro atoms. The first-order valence-corrected chi connectivity index (χ1v) is 14.2. The van der Waals surface area contributed by atoms with Gasteiger partial charge in [-0.25, -0.2) is 14.7 Å². The molecule has 10 nitrogen and oxygen atoms in total. The monoisotopic (exact) mass is 601 g/mol. The van der Waals surface area contributed by atoms with Gasteiger partial charge in [0.2, 0.25) is 11.8 Å². The Morgan fingerprint density at radius 2 is 1.59 bits per heavy atom. The van der Waals surface area contributed by atoms with Crippen LogP contribution >= 0.6 is 11.8 Å². The molecule has 1 atom stereocenters. The lowest BCUT2D eigenvalue weighted by atomic mass is 9.97. The Morgan fingerprint density at radius 1 is 0.955 bits per heavy atom. The third-order valence-corrected chi connectivity index (χ3v) is 8.08. The predicted molar refractivity (Wildman–Crippen MR) is 163 cm³/mol. The lowest BCUT2D eigenvalue weighted by Gasteiger charge is -2.16. The second-order valence-electron chi connectivity index (χ2n) is 9.81. The van der Waals surface area contributed by atoms with Crippen molar-refractivity contribution in [1.29, 1.82) is 10.5 Å². The standard InChI is InChI=1S/C33H23N5O5S/c1-19-7-9-20(10-8-19)26(39)18-43-33(42)22-11-13-23(14-12-22)38-28(40)15-27(32(38)41)44-31-25(17-35)29(21-5-3-2-4-6-21)24(16-34)30(36)37-31/h2-14,27H,15,18H2,1H3,(H2,36,37). The van der Waals surface area contributed by atoms with Crippen LogP contribution in [-0.4, -0.2) is 40.4 Å². The molecule has 2 heterocycles. The molecule has 2 amide bonds. The number of hydrogen-bond acceptors (Lipinski definition) is 10. The molecule has 1 fully saturated rings. The third kappa shape index (κ3) is 5.91. The number of benzene rings is 3. The smallest absolute Gasteiger partial charge is 0.338 e. The number of thioether (sulfide) groups is 1. The number of amides is 2. The topological polar surface area (TPSA) is 167 Å². The lowest BCUT2D eigenvalue weighted by Crippen LogP contribution is -2.31. The first kappa shape index (κ1) is 29.7. The largest absolute Gasteiger partial charge is 0.454 e. The summed E-state index contributed by atoms with van der Waals surface area (Å²) in [4.78, 5) is 56.5. The molecular formula is C33H23N5O5S. The molecule has 5 rings (SSSR count). The number of Topliss-reactive ketones (excluding diaryl/α,β-unsaturated/α-hetero) is 1. The van der Waals surface area contributed by atoms with Crippen LogP contribution in [0.3, 0.4) is 0 Å². The number of ketones is 1. The number of nitrogens with two attached hydrogens (primary N) is 1. The SMILES string of the molecule is Cc1ccc(C(=O)COC(=O)c2ccc(N3C(=O)CC(Sc4nc(N)c(C#N)c(-c5ccccc5)c4C#N)C3=O)cc2)cc1.